The molecule has 25 heavy (non-hydrogen) atoms. The van der Waals surface area contributed by atoms with Crippen molar-refractivity contribution >= 4 is 29.4 Å². The Balaban J connectivity index is 1.59. The minimum absolute atomic E-state index is 0.190. The first-order valence-electron chi connectivity index (χ1n) is 7.95. The smallest absolute Gasteiger partial charge is 0.261 e. The summed E-state index contributed by atoms with van der Waals surface area (Å²) in [4.78, 5) is 24.4. The van der Waals surface area contributed by atoms with Gasteiger partial charge in [0.1, 0.15) is 5.92 Å². The van der Waals surface area contributed by atoms with E-state index in [0.717, 1.165) is 5.56 Å². The predicted octanol–water partition coefficient (Wildman–Crippen LogP) is 2.37. The largest absolute Gasteiger partial charge is 0.273 e. The van der Waals surface area contributed by atoms with Gasteiger partial charge in [-0.2, -0.15) is 15.2 Å². The lowest BCUT2D eigenvalue weighted by Crippen LogP contribution is -2.29. The lowest BCUT2D eigenvalue weighted by atomic mass is 10.1. The molecule has 0 saturated heterocycles. The number of nitrogens with one attached hydrogen (secondary N) is 1. The Bertz CT molecular complexity index is 816. The fourth-order valence-electron chi connectivity index (χ4n) is 2.51. The summed E-state index contributed by atoms with van der Waals surface area (Å²) in [5.74, 6) is -0.996. The molecule has 0 bridgehead atoms. The number of hydrazone groups is 2. The Hall–Kier alpha value is -3.28. The Kier molecular flexibility index (Phi) is 4.99. The molecule has 0 unspecified atom stereocenters. The summed E-state index contributed by atoms with van der Waals surface area (Å²) in [7, 11) is 0. The van der Waals surface area contributed by atoms with Crippen molar-refractivity contribution in [1.82, 2.24) is 5.43 Å². The Labute approximate surface area is 145 Å². The fourth-order valence-corrected chi connectivity index (χ4v) is 2.51. The molecule has 2 aromatic carbocycles. The highest BCUT2D eigenvalue weighted by Crippen LogP contribution is 2.22. The second kappa shape index (κ2) is 7.53. The third kappa shape index (κ3) is 3.98. The highest BCUT2D eigenvalue weighted by molar-refractivity contribution is 6.23. The molecule has 0 radical (unpaired) electrons. The van der Waals surface area contributed by atoms with Crippen molar-refractivity contribution in [3.05, 3.63) is 66.2 Å². The van der Waals surface area contributed by atoms with Gasteiger partial charge in [-0.05, 0) is 24.6 Å². The first-order valence-corrected chi connectivity index (χ1v) is 7.95. The second-order valence-corrected chi connectivity index (χ2v) is 5.68. The van der Waals surface area contributed by atoms with Crippen LogP contribution in [0.5, 0.6) is 0 Å². The molecule has 2 amide bonds. The summed E-state index contributed by atoms with van der Waals surface area (Å²) in [6, 6.07) is 18.6. The molecule has 1 aliphatic rings. The van der Waals surface area contributed by atoms with Crippen LogP contribution in [0.4, 0.5) is 5.69 Å². The van der Waals surface area contributed by atoms with E-state index >= 15 is 0 Å². The van der Waals surface area contributed by atoms with Gasteiger partial charge in [0.25, 0.3) is 5.91 Å². The Morgan fingerprint density at radius 1 is 1.16 bits per heavy atom. The number of nitrogens with zero attached hydrogens (tertiary/aromatic N) is 3. The average molecular weight is 334 g/mol. The molecule has 1 aliphatic heterocycles. The molecule has 0 saturated carbocycles. The molecule has 0 spiro atoms. The van der Waals surface area contributed by atoms with E-state index in [0.29, 0.717) is 11.4 Å². The van der Waals surface area contributed by atoms with Crippen molar-refractivity contribution in [3.8, 4) is 0 Å². The zero-order valence-corrected chi connectivity index (χ0v) is 13.8. The van der Waals surface area contributed by atoms with E-state index in [9.17, 15) is 9.59 Å². The van der Waals surface area contributed by atoms with Gasteiger partial charge in [0.2, 0.25) is 5.91 Å². The van der Waals surface area contributed by atoms with Crippen LogP contribution in [0.1, 0.15) is 12.5 Å². The molecule has 3 rings (SSSR count). The molecule has 2 aromatic rings. The number of para-hydroxylation sites is 1. The molecule has 0 aliphatic carbocycles. The van der Waals surface area contributed by atoms with Crippen LogP contribution < -0.4 is 10.4 Å². The van der Waals surface area contributed by atoms with Crippen LogP contribution >= 0.6 is 0 Å². The van der Waals surface area contributed by atoms with Crippen LogP contribution in [0.3, 0.4) is 0 Å². The zero-order chi connectivity index (χ0) is 17.6. The van der Waals surface area contributed by atoms with Crippen molar-refractivity contribution in [2.45, 2.75) is 13.3 Å². The summed E-state index contributed by atoms with van der Waals surface area (Å²) in [5, 5.41) is 9.57. The molecular formula is C19H18N4O2. The number of carbonyl (C=O) groups is 2. The minimum Gasteiger partial charge on any atom is -0.273 e. The number of benzene rings is 2. The summed E-state index contributed by atoms with van der Waals surface area (Å²) in [6.45, 7) is 1.77. The van der Waals surface area contributed by atoms with Crippen LogP contribution in [0, 0.1) is 5.92 Å². The number of hydrogen-bond donors (Lipinski definition) is 1. The topological polar surface area (TPSA) is 74.1 Å². The maximum atomic E-state index is 12.5. The lowest BCUT2D eigenvalue weighted by molar-refractivity contribution is -0.120. The predicted molar refractivity (Wildman–Crippen MR) is 97.3 cm³/mol. The molecular weight excluding hydrogens is 316 g/mol. The zero-order valence-electron chi connectivity index (χ0n) is 13.8. The van der Waals surface area contributed by atoms with Crippen molar-refractivity contribution in [3.63, 3.8) is 0 Å². The second-order valence-electron chi connectivity index (χ2n) is 5.68. The van der Waals surface area contributed by atoms with E-state index in [4.69, 9.17) is 0 Å². The van der Waals surface area contributed by atoms with Crippen molar-refractivity contribution < 1.29 is 9.59 Å². The Morgan fingerprint density at radius 3 is 2.48 bits per heavy atom. The van der Waals surface area contributed by atoms with E-state index in [1.165, 1.54) is 11.2 Å². The van der Waals surface area contributed by atoms with Gasteiger partial charge in [-0.3, -0.25) is 9.59 Å². The van der Waals surface area contributed by atoms with Crippen molar-refractivity contribution in [2.75, 3.05) is 5.01 Å². The van der Waals surface area contributed by atoms with E-state index in [1.54, 1.807) is 6.92 Å². The van der Waals surface area contributed by atoms with Crippen LogP contribution in [-0.4, -0.2) is 23.7 Å². The van der Waals surface area contributed by atoms with Gasteiger partial charge in [0.05, 0.1) is 17.8 Å². The van der Waals surface area contributed by atoms with Gasteiger partial charge < -0.3 is 0 Å². The highest BCUT2D eigenvalue weighted by atomic mass is 16.2. The van der Waals surface area contributed by atoms with Crippen LogP contribution in [0.25, 0.3) is 0 Å². The maximum Gasteiger partial charge on any atom is 0.261 e. The SMILES string of the molecule is CC1=NN(c2ccccc2)C(=O)[C@H]1/C=N\NC(=O)Cc1ccccc1. The monoisotopic (exact) mass is 334 g/mol. The van der Waals surface area contributed by atoms with E-state index in [-0.39, 0.29) is 18.2 Å². The van der Waals surface area contributed by atoms with Crippen LogP contribution in [0.2, 0.25) is 0 Å². The molecule has 1 N–H and O–H groups in total. The van der Waals surface area contributed by atoms with Gasteiger partial charge in [-0.15, -0.1) is 0 Å². The lowest BCUT2D eigenvalue weighted by Gasteiger charge is -2.12. The summed E-state index contributed by atoms with van der Waals surface area (Å²) in [6.07, 6.45) is 1.66. The summed E-state index contributed by atoms with van der Waals surface area (Å²) in [5.41, 5.74) is 4.70. The first kappa shape index (κ1) is 16.6. The van der Waals surface area contributed by atoms with Gasteiger partial charge in [0.15, 0.2) is 0 Å². The van der Waals surface area contributed by atoms with Crippen molar-refractivity contribution in [1.29, 1.82) is 0 Å². The molecule has 126 valence electrons. The highest BCUT2D eigenvalue weighted by Gasteiger charge is 2.33. The third-order valence-electron chi connectivity index (χ3n) is 3.80. The number of rotatable bonds is 5. The van der Waals surface area contributed by atoms with E-state index in [2.05, 4.69) is 15.6 Å². The number of carbonyl (C=O) groups excluding carboxylic acids is 2. The third-order valence-corrected chi connectivity index (χ3v) is 3.80. The minimum atomic E-state index is -0.572. The summed E-state index contributed by atoms with van der Waals surface area (Å²) >= 11 is 0. The Morgan fingerprint density at radius 2 is 1.80 bits per heavy atom. The van der Waals surface area contributed by atoms with Crippen LogP contribution in [0.15, 0.2) is 70.9 Å². The van der Waals surface area contributed by atoms with Gasteiger partial charge in [-0.25, -0.2) is 5.43 Å². The van der Waals surface area contributed by atoms with E-state index < -0.39 is 5.92 Å². The quantitative estimate of drug-likeness (QED) is 0.673. The van der Waals surface area contributed by atoms with Gasteiger partial charge in [-0.1, -0.05) is 48.5 Å². The number of hydrogen-bond acceptors (Lipinski definition) is 4. The normalized spacial score (nSPS) is 17.0. The van der Waals surface area contributed by atoms with Crippen LogP contribution in [-0.2, 0) is 16.0 Å². The van der Waals surface area contributed by atoms with Gasteiger partial charge >= 0.3 is 0 Å². The maximum absolute atomic E-state index is 12.5. The van der Waals surface area contributed by atoms with Crippen molar-refractivity contribution in [2.24, 2.45) is 16.1 Å². The summed E-state index contributed by atoms with van der Waals surface area (Å²) < 4.78 is 0. The standard InChI is InChI=1S/C19H18N4O2/c1-14-17(19(25)23(22-14)16-10-6-3-7-11-16)13-20-21-18(24)12-15-8-4-2-5-9-15/h2-11,13,17H,12H2,1H3,(H,21,24)/b20-13-/t17-/m0/s1. The number of amides is 2. The first-order chi connectivity index (χ1) is 12.1. The molecule has 6 heteroatoms. The molecule has 1 atom stereocenters. The molecule has 1 heterocycles. The van der Waals surface area contributed by atoms with E-state index in [1.807, 2.05) is 60.7 Å². The fraction of sp³-hybridized carbons (Fsp3) is 0.158. The number of anilines is 1. The molecule has 6 nitrogen and oxygen atoms in total. The average Bonchev–Trinajstić information content (AvgIpc) is 2.91. The molecule has 0 fully saturated rings. The van der Waals surface area contributed by atoms with Gasteiger partial charge in [0, 0.05) is 6.21 Å². The molecule has 0 aromatic heterocycles.